The molecule has 0 bridgehead atoms. The van der Waals surface area contributed by atoms with Crippen LogP contribution in [0.2, 0.25) is 0 Å². The van der Waals surface area contributed by atoms with Crippen molar-refractivity contribution in [3.8, 4) is 0 Å². The van der Waals surface area contributed by atoms with E-state index in [2.05, 4.69) is 15.0 Å². The van der Waals surface area contributed by atoms with Crippen LogP contribution < -0.4 is 15.5 Å². The number of hydrogen-bond donors (Lipinski definition) is 2. The van der Waals surface area contributed by atoms with Gasteiger partial charge in [-0.05, 0) is 54.2 Å². The number of halogens is 3. The summed E-state index contributed by atoms with van der Waals surface area (Å²) in [5, 5.41) is 5.54. The van der Waals surface area contributed by atoms with Crippen LogP contribution in [0, 0.1) is 0 Å². The number of carbonyl (C=O) groups is 2. The second-order valence-electron chi connectivity index (χ2n) is 7.18. The predicted molar refractivity (Wildman–Crippen MR) is 117 cm³/mol. The van der Waals surface area contributed by atoms with Gasteiger partial charge in [0.2, 0.25) is 0 Å². The second-order valence-corrected chi connectivity index (χ2v) is 9.95. The molecule has 8 nitrogen and oxygen atoms in total. The number of carbonyl (C=O) groups excluding carboxylic acids is 2. The number of sulfonamides is 1. The van der Waals surface area contributed by atoms with Gasteiger partial charge >= 0.3 is 6.18 Å². The third-order valence-electron chi connectivity index (χ3n) is 4.91. The fraction of sp³-hybridized carbons (Fsp3) is 0.250. The quantitative estimate of drug-likeness (QED) is 0.614. The molecule has 0 saturated carbocycles. The van der Waals surface area contributed by atoms with Crippen molar-refractivity contribution in [2.45, 2.75) is 11.1 Å². The smallest absolute Gasteiger partial charge is 0.350 e. The molecule has 2 N–H and O–H groups in total. The molecule has 0 spiro atoms. The van der Waals surface area contributed by atoms with Crippen LogP contribution in [-0.2, 0) is 16.2 Å². The first kappa shape index (κ1) is 23.1. The van der Waals surface area contributed by atoms with Crippen molar-refractivity contribution >= 4 is 44.5 Å². The maximum absolute atomic E-state index is 12.6. The Labute approximate surface area is 191 Å². The summed E-state index contributed by atoms with van der Waals surface area (Å²) in [6, 6.07) is 8.81. The summed E-state index contributed by atoms with van der Waals surface area (Å²) in [4.78, 5) is 27.0. The van der Waals surface area contributed by atoms with Gasteiger partial charge in [-0.2, -0.15) is 13.2 Å². The monoisotopic (exact) mass is 498 g/mol. The number of alkyl halides is 3. The molecule has 2 aromatic carbocycles. The molecular formula is C20H17F3N4O4S2. The summed E-state index contributed by atoms with van der Waals surface area (Å²) in [6.45, 7) is 0.478. The summed E-state index contributed by atoms with van der Waals surface area (Å²) < 4.78 is 64.9. The van der Waals surface area contributed by atoms with E-state index in [1.165, 1.54) is 11.8 Å². The van der Waals surface area contributed by atoms with Crippen molar-refractivity contribution in [1.82, 2.24) is 10.6 Å². The molecule has 0 saturated heterocycles. The standard InChI is InChI=1S/C20H17F3N4O4S2/c21-20(22,23)14-4-1-12(2-5-14)17(28)24-7-8-25-18(29)13-3-6-15-16(11-13)32-19-26-33(30,31)10-9-27(15)19/h1-6,11H,7-10H2,(H,24,28)(H,25,29). The highest BCUT2D eigenvalue weighted by Crippen LogP contribution is 2.42. The van der Waals surface area contributed by atoms with Crippen LogP contribution in [0.4, 0.5) is 18.9 Å². The van der Waals surface area contributed by atoms with Crippen molar-refractivity contribution in [3.63, 3.8) is 0 Å². The van der Waals surface area contributed by atoms with E-state index in [0.717, 1.165) is 30.0 Å². The highest BCUT2D eigenvalue weighted by molar-refractivity contribution is 8.15. The van der Waals surface area contributed by atoms with Crippen molar-refractivity contribution in [1.29, 1.82) is 0 Å². The van der Waals surface area contributed by atoms with Crippen LogP contribution in [0.5, 0.6) is 0 Å². The Morgan fingerprint density at radius 3 is 2.24 bits per heavy atom. The molecule has 0 radical (unpaired) electrons. The Balaban J connectivity index is 1.29. The number of fused-ring (bicyclic) bond motifs is 3. The summed E-state index contributed by atoms with van der Waals surface area (Å²) in [6.07, 6.45) is -4.48. The molecule has 33 heavy (non-hydrogen) atoms. The van der Waals surface area contributed by atoms with Crippen LogP contribution in [0.25, 0.3) is 0 Å². The Morgan fingerprint density at radius 2 is 1.61 bits per heavy atom. The van der Waals surface area contributed by atoms with E-state index >= 15 is 0 Å². The molecule has 0 unspecified atom stereocenters. The molecule has 2 aromatic rings. The highest BCUT2D eigenvalue weighted by Gasteiger charge is 2.33. The minimum atomic E-state index is -4.48. The van der Waals surface area contributed by atoms with Gasteiger partial charge in [0.05, 0.1) is 17.0 Å². The molecule has 13 heteroatoms. The van der Waals surface area contributed by atoms with Gasteiger partial charge in [0, 0.05) is 35.7 Å². The summed E-state index contributed by atoms with van der Waals surface area (Å²) in [5.74, 6) is -1.02. The van der Waals surface area contributed by atoms with E-state index in [0.29, 0.717) is 22.2 Å². The summed E-state index contributed by atoms with van der Waals surface area (Å²) >= 11 is 1.18. The number of amidine groups is 1. The van der Waals surface area contributed by atoms with E-state index in [9.17, 15) is 31.2 Å². The average Bonchev–Trinajstić information content (AvgIpc) is 3.11. The van der Waals surface area contributed by atoms with Crippen LogP contribution in [-0.4, -0.2) is 50.8 Å². The number of amides is 2. The molecular weight excluding hydrogens is 481 g/mol. The molecule has 174 valence electrons. The number of rotatable bonds is 5. The molecule has 0 fully saturated rings. The van der Waals surface area contributed by atoms with E-state index in [4.69, 9.17) is 0 Å². The predicted octanol–water partition coefficient (Wildman–Crippen LogP) is 2.48. The summed E-state index contributed by atoms with van der Waals surface area (Å²) in [7, 11) is -3.47. The lowest BCUT2D eigenvalue weighted by Crippen LogP contribution is -2.35. The fourth-order valence-electron chi connectivity index (χ4n) is 3.24. The zero-order chi connectivity index (χ0) is 23.8. The van der Waals surface area contributed by atoms with Gasteiger partial charge in [-0.1, -0.05) is 0 Å². The molecule has 0 atom stereocenters. The van der Waals surface area contributed by atoms with Gasteiger partial charge in [0.15, 0.2) is 5.17 Å². The molecule has 0 aromatic heterocycles. The maximum Gasteiger partial charge on any atom is 0.416 e. The van der Waals surface area contributed by atoms with Crippen molar-refractivity contribution in [3.05, 3.63) is 59.2 Å². The first-order chi connectivity index (χ1) is 15.5. The van der Waals surface area contributed by atoms with E-state index < -0.39 is 27.7 Å². The van der Waals surface area contributed by atoms with E-state index in [1.54, 1.807) is 23.1 Å². The minimum Gasteiger partial charge on any atom is -0.350 e. The molecule has 0 aliphatic carbocycles. The van der Waals surface area contributed by atoms with Gasteiger partial charge in [-0.15, -0.1) is 4.40 Å². The van der Waals surface area contributed by atoms with Gasteiger partial charge in [0.1, 0.15) is 0 Å². The number of nitrogens with one attached hydrogen (secondary N) is 2. The van der Waals surface area contributed by atoms with Crippen molar-refractivity contribution in [2.75, 3.05) is 30.3 Å². The van der Waals surface area contributed by atoms with E-state index in [1.807, 2.05) is 0 Å². The number of anilines is 1. The van der Waals surface area contributed by atoms with Crippen LogP contribution >= 0.6 is 11.8 Å². The van der Waals surface area contributed by atoms with E-state index in [-0.39, 0.29) is 30.3 Å². The molecule has 4 rings (SSSR count). The maximum atomic E-state index is 12.6. The van der Waals surface area contributed by atoms with Crippen LogP contribution in [0.15, 0.2) is 51.8 Å². The lowest BCUT2D eigenvalue weighted by molar-refractivity contribution is -0.137. The Hall–Kier alpha value is -3.06. The third-order valence-corrected chi connectivity index (χ3v) is 7.21. The number of nitrogens with zero attached hydrogens (tertiary/aromatic N) is 2. The topological polar surface area (TPSA) is 108 Å². The molecule has 2 aliphatic rings. The van der Waals surface area contributed by atoms with Gasteiger partial charge in [-0.25, -0.2) is 8.42 Å². The molecule has 2 heterocycles. The molecule has 2 aliphatic heterocycles. The van der Waals surface area contributed by atoms with Crippen molar-refractivity contribution < 1.29 is 31.2 Å². The zero-order valence-corrected chi connectivity index (χ0v) is 18.5. The first-order valence-electron chi connectivity index (χ1n) is 9.69. The summed E-state index contributed by atoms with van der Waals surface area (Å²) in [5.41, 5.74) is 0.377. The minimum absolute atomic E-state index is 0.0725. The zero-order valence-electron chi connectivity index (χ0n) is 16.8. The van der Waals surface area contributed by atoms with Crippen molar-refractivity contribution in [2.24, 2.45) is 4.40 Å². The van der Waals surface area contributed by atoms with Gasteiger partial charge in [0.25, 0.3) is 21.8 Å². The van der Waals surface area contributed by atoms with Crippen LogP contribution in [0.3, 0.4) is 0 Å². The Morgan fingerprint density at radius 1 is 1.00 bits per heavy atom. The normalized spacial score (nSPS) is 16.5. The average molecular weight is 499 g/mol. The Kier molecular flexibility index (Phi) is 6.10. The lowest BCUT2D eigenvalue weighted by Gasteiger charge is -2.22. The Bertz CT molecular complexity index is 1240. The van der Waals surface area contributed by atoms with Gasteiger partial charge in [-0.3, -0.25) is 9.59 Å². The first-order valence-corrected chi connectivity index (χ1v) is 12.1. The number of benzene rings is 2. The lowest BCUT2D eigenvalue weighted by atomic mass is 10.1. The SMILES string of the molecule is O=C(NCCNC(=O)c1ccc2c(c1)SC1=NS(=O)(=O)CCN12)c1ccc(C(F)(F)F)cc1. The van der Waals surface area contributed by atoms with Gasteiger partial charge < -0.3 is 15.5 Å². The number of hydrogen-bond acceptors (Lipinski definition) is 6. The number of thioether (sulfide) groups is 1. The van der Waals surface area contributed by atoms with Crippen LogP contribution in [0.1, 0.15) is 26.3 Å². The second kappa shape index (κ2) is 8.71. The molecule has 2 amide bonds. The third kappa shape index (κ3) is 5.14. The largest absolute Gasteiger partial charge is 0.416 e. The highest BCUT2D eigenvalue weighted by atomic mass is 32.2. The fourth-order valence-corrected chi connectivity index (χ4v) is 5.53.